The minimum atomic E-state index is 0.153. The van der Waals surface area contributed by atoms with Gasteiger partial charge in [-0.3, -0.25) is 0 Å². The highest BCUT2D eigenvalue weighted by atomic mass is 15.2. The molecule has 3 heteroatoms. The van der Waals surface area contributed by atoms with E-state index in [9.17, 15) is 0 Å². The first kappa shape index (κ1) is 18.0. The van der Waals surface area contributed by atoms with Crippen molar-refractivity contribution in [2.75, 3.05) is 18.0 Å². The number of aromatic nitrogens is 2. The first-order valence-corrected chi connectivity index (χ1v) is 10.1. The van der Waals surface area contributed by atoms with Gasteiger partial charge in [0.1, 0.15) is 5.82 Å². The second-order valence-electron chi connectivity index (χ2n) is 8.62. The van der Waals surface area contributed by atoms with Crippen molar-refractivity contribution in [3.8, 4) is 11.4 Å². The number of anilines is 1. The molecule has 0 radical (unpaired) electrons. The molecule has 4 rings (SSSR count). The Labute approximate surface area is 162 Å². The van der Waals surface area contributed by atoms with E-state index in [-0.39, 0.29) is 5.41 Å². The van der Waals surface area contributed by atoms with Crippen LogP contribution in [0.1, 0.15) is 52.0 Å². The minimum Gasteiger partial charge on any atom is -0.356 e. The molecule has 0 atom stereocenters. The molecular formula is C24H29N3. The summed E-state index contributed by atoms with van der Waals surface area (Å²) in [6.07, 6.45) is 5.13. The number of fused-ring (bicyclic) bond motifs is 1. The van der Waals surface area contributed by atoms with Gasteiger partial charge >= 0.3 is 0 Å². The number of rotatable bonds is 2. The molecule has 0 amide bonds. The summed E-state index contributed by atoms with van der Waals surface area (Å²) in [4.78, 5) is 12.4. The Hall–Kier alpha value is -2.42. The molecule has 27 heavy (non-hydrogen) atoms. The van der Waals surface area contributed by atoms with E-state index in [1.807, 2.05) is 0 Å². The van der Waals surface area contributed by atoms with Gasteiger partial charge in [0.2, 0.25) is 0 Å². The summed E-state index contributed by atoms with van der Waals surface area (Å²) in [7, 11) is 0. The first-order valence-electron chi connectivity index (χ1n) is 10.1. The summed E-state index contributed by atoms with van der Waals surface area (Å²) < 4.78 is 0. The van der Waals surface area contributed by atoms with Crippen LogP contribution in [0.5, 0.6) is 0 Å². The summed E-state index contributed by atoms with van der Waals surface area (Å²) in [5.74, 6) is 1.92. The molecule has 3 nitrogen and oxygen atoms in total. The molecule has 1 fully saturated rings. The van der Waals surface area contributed by atoms with Crippen LogP contribution in [0.15, 0.2) is 48.5 Å². The predicted octanol–water partition coefficient (Wildman–Crippen LogP) is 5.97. The van der Waals surface area contributed by atoms with Crippen LogP contribution in [0.3, 0.4) is 0 Å². The topological polar surface area (TPSA) is 29.0 Å². The van der Waals surface area contributed by atoms with Crippen molar-refractivity contribution in [3.63, 3.8) is 0 Å². The molecule has 0 spiro atoms. The third-order valence-corrected chi connectivity index (χ3v) is 5.50. The smallest absolute Gasteiger partial charge is 0.162 e. The number of benzene rings is 2. The molecule has 0 N–H and O–H groups in total. The molecule has 2 heterocycles. The maximum absolute atomic E-state index is 5.04. The Morgan fingerprint density at radius 2 is 1.44 bits per heavy atom. The fourth-order valence-electron chi connectivity index (χ4n) is 3.83. The third kappa shape index (κ3) is 3.83. The molecule has 1 aliphatic heterocycles. The van der Waals surface area contributed by atoms with Crippen molar-refractivity contribution >= 4 is 16.7 Å². The van der Waals surface area contributed by atoms with E-state index in [1.165, 1.54) is 31.2 Å². The Balaban J connectivity index is 1.79. The minimum absolute atomic E-state index is 0.153. The lowest BCUT2D eigenvalue weighted by molar-refractivity contribution is 0.590. The third-order valence-electron chi connectivity index (χ3n) is 5.50. The van der Waals surface area contributed by atoms with Crippen molar-refractivity contribution in [3.05, 3.63) is 54.1 Å². The molecule has 1 aromatic heterocycles. The van der Waals surface area contributed by atoms with Gasteiger partial charge < -0.3 is 4.90 Å². The maximum Gasteiger partial charge on any atom is 0.162 e. The second kappa shape index (κ2) is 7.30. The SMILES string of the molecule is CC(C)(C)c1ccc(-c2nc(N3CCCCCC3)c3ccccc3n2)cc1. The lowest BCUT2D eigenvalue weighted by Crippen LogP contribution is -2.25. The van der Waals surface area contributed by atoms with Crippen LogP contribution in [0.25, 0.3) is 22.3 Å². The molecule has 2 aromatic carbocycles. The van der Waals surface area contributed by atoms with Gasteiger partial charge in [-0.2, -0.15) is 0 Å². The Morgan fingerprint density at radius 1 is 0.778 bits per heavy atom. The van der Waals surface area contributed by atoms with E-state index >= 15 is 0 Å². The van der Waals surface area contributed by atoms with Crippen molar-refractivity contribution < 1.29 is 0 Å². The molecule has 3 aromatic rings. The van der Waals surface area contributed by atoms with Gasteiger partial charge in [-0.1, -0.05) is 70.0 Å². The van der Waals surface area contributed by atoms with Crippen LogP contribution >= 0.6 is 0 Å². The van der Waals surface area contributed by atoms with E-state index in [1.54, 1.807) is 0 Å². The fourth-order valence-corrected chi connectivity index (χ4v) is 3.83. The molecule has 1 aliphatic rings. The number of hydrogen-bond donors (Lipinski definition) is 0. The highest BCUT2D eigenvalue weighted by Crippen LogP contribution is 2.30. The summed E-state index contributed by atoms with van der Waals surface area (Å²) in [6, 6.07) is 17.2. The Kier molecular flexibility index (Phi) is 4.86. The number of hydrogen-bond acceptors (Lipinski definition) is 3. The largest absolute Gasteiger partial charge is 0.356 e. The highest BCUT2D eigenvalue weighted by molar-refractivity contribution is 5.91. The van der Waals surface area contributed by atoms with Crippen molar-refractivity contribution in [2.45, 2.75) is 51.9 Å². The molecule has 0 unspecified atom stereocenters. The van der Waals surface area contributed by atoms with Crippen LogP contribution in [0, 0.1) is 0 Å². The average Bonchev–Trinajstić information content (AvgIpc) is 2.96. The fraction of sp³-hybridized carbons (Fsp3) is 0.417. The molecule has 1 saturated heterocycles. The van der Waals surface area contributed by atoms with Crippen LogP contribution < -0.4 is 4.90 Å². The monoisotopic (exact) mass is 359 g/mol. The Morgan fingerprint density at radius 3 is 2.11 bits per heavy atom. The van der Waals surface area contributed by atoms with E-state index < -0.39 is 0 Å². The van der Waals surface area contributed by atoms with Gasteiger partial charge in [-0.25, -0.2) is 9.97 Å². The number of nitrogens with zero attached hydrogens (tertiary/aromatic N) is 3. The van der Waals surface area contributed by atoms with Gasteiger partial charge in [0.25, 0.3) is 0 Å². The molecular weight excluding hydrogens is 330 g/mol. The normalized spacial score (nSPS) is 15.7. The zero-order valence-electron chi connectivity index (χ0n) is 16.7. The standard InChI is InChI=1S/C24H29N3/c1-24(2,3)19-14-12-18(13-15-19)22-25-21-11-7-6-10-20(21)23(26-22)27-16-8-4-5-9-17-27/h6-7,10-15H,4-5,8-9,16-17H2,1-3H3. The highest BCUT2D eigenvalue weighted by Gasteiger charge is 2.18. The van der Waals surface area contributed by atoms with Gasteiger partial charge in [0.15, 0.2) is 5.82 Å². The van der Waals surface area contributed by atoms with Gasteiger partial charge in [-0.05, 0) is 36.0 Å². The second-order valence-corrected chi connectivity index (χ2v) is 8.62. The van der Waals surface area contributed by atoms with Gasteiger partial charge in [0.05, 0.1) is 5.52 Å². The lowest BCUT2D eigenvalue weighted by Gasteiger charge is -2.23. The predicted molar refractivity (Wildman–Crippen MR) is 114 cm³/mol. The first-order chi connectivity index (χ1) is 13.0. The van der Waals surface area contributed by atoms with Crippen LogP contribution in [0.2, 0.25) is 0 Å². The van der Waals surface area contributed by atoms with E-state index in [4.69, 9.17) is 9.97 Å². The summed E-state index contributed by atoms with van der Waals surface area (Å²) in [5, 5.41) is 1.16. The zero-order chi connectivity index (χ0) is 18.9. The maximum atomic E-state index is 5.04. The van der Waals surface area contributed by atoms with Crippen molar-refractivity contribution in [1.29, 1.82) is 0 Å². The summed E-state index contributed by atoms with van der Waals surface area (Å²) in [6.45, 7) is 8.90. The van der Waals surface area contributed by atoms with E-state index in [2.05, 4.69) is 74.2 Å². The molecule has 0 bridgehead atoms. The van der Waals surface area contributed by atoms with E-state index in [0.717, 1.165) is 41.2 Å². The quantitative estimate of drug-likeness (QED) is 0.564. The van der Waals surface area contributed by atoms with Crippen LogP contribution in [0.4, 0.5) is 5.82 Å². The van der Waals surface area contributed by atoms with Crippen molar-refractivity contribution in [2.24, 2.45) is 0 Å². The molecule has 0 aliphatic carbocycles. The number of para-hydroxylation sites is 1. The van der Waals surface area contributed by atoms with Crippen molar-refractivity contribution in [1.82, 2.24) is 9.97 Å². The molecule has 140 valence electrons. The van der Waals surface area contributed by atoms with Gasteiger partial charge in [-0.15, -0.1) is 0 Å². The average molecular weight is 360 g/mol. The molecule has 0 saturated carbocycles. The Bertz CT molecular complexity index is 915. The van der Waals surface area contributed by atoms with Crippen LogP contribution in [-0.2, 0) is 5.41 Å². The van der Waals surface area contributed by atoms with Gasteiger partial charge in [0, 0.05) is 24.0 Å². The lowest BCUT2D eigenvalue weighted by atomic mass is 9.87. The summed E-state index contributed by atoms with van der Waals surface area (Å²) in [5.41, 5.74) is 3.60. The van der Waals surface area contributed by atoms with E-state index in [0.29, 0.717) is 0 Å². The summed E-state index contributed by atoms with van der Waals surface area (Å²) >= 11 is 0. The zero-order valence-corrected chi connectivity index (χ0v) is 16.7. The van der Waals surface area contributed by atoms with Crippen LogP contribution in [-0.4, -0.2) is 23.1 Å².